The van der Waals surface area contributed by atoms with E-state index in [9.17, 15) is 4.79 Å². The van der Waals surface area contributed by atoms with Crippen LogP contribution in [0.25, 0.3) is 16.5 Å². The molecule has 1 fully saturated rings. The van der Waals surface area contributed by atoms with E-state index in [0.29, 0.717) is 0 Å². The molecule has 142 valence electrons. The molecule has 0 bridgehead atoms. The van der Waals surface area contributed by atoms with Crippen molar-refractivity contribution in [3.63, 3.8) is 0 Å². The number of anilines is 1. The average molecular weight is 371 g/mol. The predicted octanol–water partition coefficient (Wildman–Crippen LogP) is 4.75. The average Bonchev–Trinajstić information content (AvgIpc) is 3.13. The van der Waals surface area contributed by atoms with Crippen molar-refractivity contribution in [1.29, 1.82) is 0 Å². The zero-order valence-corrected chi connectivity index (χ0v) is 16.0. The molecule has 2 aliphatic rings. The number of aryl methyl sites for hydroxylation is 1. The van der Waals surface area contributed by atoms with Crippen molar-refractivity contribution >= 4 is 28.4 Å². The lowest BCUT2D eigenvalue weighted by Crippen LogP contribution is -2.34. The van der Waals surface area contributed by atoms with E-state index in [1.807, 2.05) is 6.20 Å². The molecule has 0 saturated carbocycles. The summed E-state index contributed by atoms with van der Waals surface area (Å²) in [7, 11) is 0. The van der Waals surface area contributed by atoms with Gasteiger partial charge in [-0.1, -0.05) is 24.3 Å². The van der Waals surface area contributed by atoms with Crippen molar-refractivity contribution in [2.45, 2.75) is 32.1 Å². The minimum Gasteiger partial charge on any atom is -0.371 e. The number of carbonyl (C=O) groups is 1. The minimum atomic E-state index is 0.239. The lowest BCUT2D eigenvalue weighted by atomic mass is 9.91. The molecule has 1 saturated heterocycles. The van der Waals surface area contributed by atoms with Gasteiger partial charge in [-0.3, -0.25) is 5.10 Å². The summed E-state index contributed by atoms with van der Waals surface area (Å²) in [6, 6.07) is 13.4. The summed E-state index contributed by atoms with van der Waals surface area (Å²) in [6.45, 7) is 1.93. The molecule has 3 aromatic rings. The highest BCUT2D eigenvalue weighted by Gasteiger charge is 2.20. The molecule has 2 aromatic carbocycles. The van der Waals surface area contributed by atoms with E-state index in [1.165, 1.54) is 39.8 Å². The van der Waals surface area contributed by atoms with Crippen LogP contribution in [0.1, 0.15) is 42.4 Å². The highest BCUT2D eigenvalue weighted by atomic mass is 16.1. The third-order valence-electron chi connectivity index (χ3n) is 6.28. The number of rotatable bonds is 3. The van der Waals surface area contributed by atoms with Gasteiger partial charge in [-0.15, -0.1) is 0 Å². The maximum absolute atomic E-state index is 11.0. The molecule has 0 unspecified atom stereocenters. The van der Waals surface area contributed by atoms with Crippen LogP contribution in [-0.4, -0.2) is 29.6 Å². The smallest absolute Gasteiger partial charge is 0.123 e. The summed E-state index contributed by atoms with van der Waals surface area (Å²) in [6.07, 6.45) is 10.8. The van der Waals surface area contributed by atoms with Crippen molar-refractivity contribution in [3.05, 3.63) is 65.4 Å². The molecule has 4 heteroatoms. The maximum atomic E-state index is 11.0. The van der Waals surface area contributed by atoms with E-state index >= 15 is 0 Å². The molecular formula is C24H25N3O. The maximum Gasteiger partial charge on any atom is 0.123 e. The fourth-order valence-electron chi connectivity index (χ4n) is 4.65. The quantitative estimate of drug-likeness (QED) is 0.676. The van der Waals surface area contributed by atoms with Gasteiger partial charge in [-0.2, -0.15) is 5.10 Å². The van der Waals surface area contributed by atoms with Crippen LogP contribution in [0.4, 0.5) is 5.69 Å². The van der Waals surface area contributed by atoms with E-state index in [2.05, 4.69) is 57.6 Å². The van der Waals surface area contributed by atoms with Crippen LogP contribution in [-0.2, 0) is 11.2 Å². The fourth-order valence-corrected chi connectivity index (χ4v) is 4.65. The number of nitrogens with zero attached hydrogens (tertiary/aromatic N) is 2. The number of fused-ring (bicyclic) bond motifs is 3. The van der Waals surface area contributed by atoms with Gasteiger partial charge in [-0.05, 0) is 72.6 Å². The fraction of sp³-hybridized carbons (Fsp3) is 0.333. The van der Waals surface area contributed by atoms with Gasteiger partial charge in [-0.25, -0.2) is 0 Å². The Bertz CT molecular complexity index is 1020. The Kier molecular flexibility index (Phi) is 4.47. The first-order valence-electron chi connectivity index (χ1n) is 10.3. The van der Waals surface area contributed by atoms with Gasteiger partial charge < -0.3 is 9.69 Å². The SMILES string of the molecule is O=CC1CCN(c2ccc(C3=CCCCc4c3ccc3[nH]ncc43)cc2)CC1. The summed E-state index contributed by atoms with van der Waals surface area (Å²) >= 11 is 0. The summed E-state index contributed by atoms with van der Waals surface area (Å²) in [5, 5.41) is 8.59. The molecule has 0 spiro atoms. The number of allylic oxidation sites excluding steroid dienone is 1. The lowest BCUT2D eigenvalue weighted by molar-refractivity contribution is -0.111. The molecule has 0 atom stereocenters. The van der Waals surface area contributed by atoms with Crippen molar-refractivity contribution in [3.8, 4) is 0 Å². The van der Waals surface area contributed by atoms with Gasteiger partial charge >= 0.3 is 0 Å². The van der Waals surface area contributed by atoms with Crippen LogP contribution in [0.3, 0.4) is 0 Å². The number of aldehydes is 1. The van der Waals surface area contributed by atoms with Crippen molar-refractivity contribution in [2.24, 2.45) is 5.92 Å². The van der Waals surface area contributed by atoms with Crippen LogP contribution < -0.4 is 4.90 Å². The van der Waals surface area contributed by atoms with Gasteiger partial charge in [0.25, 0.3) is 0 Å². The molecule has 28 heavy (non-hydrogen) atoms. The largest absolute Gasteiger partial charge is 0.371 e. The van der Waals surface area contributed by atoms with Crippen molar-refractivity contribution in [2.75, 3.05) is 18.0 Å². The van der Waals surface area contributed by atoms with Gasteiger partial charge in [0.15, 0.2) is 0 Å². The Hall–Kier alpha value is -2.88. The predicted molar refractivity (Wildman–Crippen MR) is 114 cm³/mol. The molecule has 0 radical (unpaired) electrons. The third-order valence-corrected chi connectivity index (χ3v) is 6.28. The first kappa shape index (κ1) is 17.2. The number of benzene rings is 2. The number of piperidine rings is 1. The number of H-pyrrole nitrogens is 1. The number of aromatic nitrogens is 2. The second-order valence-electron chi connectivity index (χ2n) is 7.94. The zero-order chi connectivity index (χ0) is 18.9. The Morgan fingerprint density at radius 2 is 1.89 bits per heavy atom. The Balaban J connectivity index is 1.45. The van der Waals surface area contributed by atoms with E-state index in [-0.39, 0.29) is 5.92 Å². The van der Waals surface area contributed by atoms with Crippen molar-refractivity contribution in [1.82, 2.24) is 10.2 Å². The number of hydrogen-bond donors (Lipinski definition) is 1. The monoisotopic (exact) mass is 371 g/mol. The van der Waals surface area contributed by atoms with Gasteiger partial charge in [0, 0.05) is 30.1 Å². The molecule has 1 aliphatic carbocycles. The number of nitrogens with one attached hydrogen (secondary N) is 1. The normalized spacial score (nSPS) is 17.9. The third kappa shape index (κ3) is 3.03. The second-order valence-corrected chi connectivity index (χ2v) is 7.94. The molecule has 0 amide bonds. The molecule has 5 rings (SSSR count). The van der Waals surface area contributed by atoms with Gasteiger partial charge in [0.05, 0.1) is 11.7 Å². The van der Waals surface area contributed by atoms with Crippen LogP contribution in [0, 0.1) is 5.92 Å². The van der Waals surface area contributed by atoms with E-state index < -0.39 is 0 Å². The van der Waals surface area contributed by atoms with Crippen molar-refractivity contribution < 1.29 is 4.79 Å². The minimum absolute atomic E-state index is 0.239. The molecule has 1 N–H and O–H groups in total. The van der Waals surface area contributed by atoms with Crippen LogP contribution in [0.2, 0.25) is 0 Å². The number of aromatic amines is 1. The number of hydrogen-bond acceptors (Lipinski definition) is 3. The van der Waals surface area contributed by atoms with Crippen LogP contribution in [0.5, 0.6) is 0 Å². The molecule has 1 aliphatic heterocycles. The molecule has 1 aromatic heterocycles. The van der Waals surface area contributed by atoms with E-state index in [0.717, 1.165) is 50.6 Å². The van der Waals surface area contributed by atoms with Gasteiger partial charge in [0.1, 0.15) is 6.29 Å². The molecule has 4 nitrogen and oxygen atoms in total. The first-order chi connectivity index (χ1) is 13.8. The zero-order valence-electron chi connectivity index (χ0n) is 16.0. The Labute approximate surface area is 165 Å². The summed E-state index contributed by atoms with van der Waals surface area (Å²) in [5.41, 5.74) is 7.74. The van der Waals surface area contributed by atoms with E-state index in [4.69, 9.17) is 0 Å². The van der Waals surface area contributed by atoms with Gasteiger partial charge in [0.2, 0.25) is 0 Å². The summed E-state index contributed by atoms with van der Waals surface area (Å²) in [4.78, 5) is 13.4. The second kappa shape index (κ2) is 7.27. The lowest BCUT2D eigenvalue weighted by Gasteiger charge is -2.31. The number of carbonyl (C=O) groups excluding carboxylic acids is 1. The highest BCUT2D eigenvalue weighted by Crippen LogP contribution is 2.35. The topological polar surface area (TPSA) is 49.0 Å². The Morgan fingerprint density at radius 1 is 1.07 bits per heavy atom. The standard InChI is InChI=1S/C24H25N3O/c28-16-17-11-13-27(14-12-17)19-7-5-18(6-8-19)20-3-1-2-4-21-22(20)9-10-24-23(21)15-25-26-24/h3,5-10,15-17H,1-2,4,11-14H2,(H,25,26). The molecular weight excluding hydrogens is 346 g/mol. The molecule has 2 heterocycles. The first-order valence-corrected chi connectivity index (χ1v) is 10.3. The highest BCUT2D eigenvalue weighted by molar-refractivity contribution is 5.91. The van der Waals surface area contributed by atoms with Crippen LogP contribution >= 0.6 is 0 Å². The Morgan fingerprint density at radius 3 is 2.68 bits per heavy atom. The summed E-state index contributed by atoms with van der Waals surface area (Å²) in [5.74, 6) is 0.239. The van der Waals surface area contributed by atoms with Crippen LogP contribution in [0.15, 0.2) is 48.7 Å². The summed E-state index contributed by atoms with van der Waals surface area (Å²) < 4.78 is 0. The van der Waals surface area contributed by atoms with E-state index in [1.54, 1.807) is 0 Å².